The third kappa shape index (κ3) is 1.95. The lowest BCUT2D eigenvalue weighted by molar-refractivity contribution is 0.999. The van der Waals surface area contributed by atoms with Crippen molar-refractivity contribution in [3.05, 3.63) is 60.2 Å². The van der Waals surface area contributed by atoms with E-state index in [2.05, 4.69) is 73.2 Å². The topological polar surface area (TPSA) is 4.93 Å². The molecule has 2 aromatic carbocycles. The average molecular weight is 249 g/mol. The molecule has 3 rings (SSSR count). The molecule has 3 aromatic rings. The number of allylic oxidation sites excluding steroid dienone is 2. The summed E-state index contributed by atoms with van der Waals surface area (Å²) in [5.41, 5.74) is 4.10. The zero-order chi connectivity index (χ0) is 13.2. The first kappa shape index (κ1) is 12.0. The smallest absolute Gasteiger partial charge is 0.0491 e. The van der Waals surface area contributed by atoms with Crippen LogP contribution in [0.2, 0.25) is 0 Å². The Morgan fingerprint density at radius 2 is 1.79 bits per heavy atom. The Bertz CT molecular complexity index is 747. The third-order valence-electron chi connectivity index (χ3n) is 3.84. The normalized spacial score (nSPS) is 11.9. The predicted octanol–water partition coefficient (Wildman–Crippen LogP) is 4.84. The van der Waals surface area contributed by atoms with Gasteiger partial charge in [-0.05, 0) is 37.5 Å². The van der Waals surface area contributed by atoms with Crippen LogP contribution in [0, 0.1) is 0 Å². The second kappa shape index (κ2) is 4.93. The van der Waals surface area contributed by atoms with Gasteiger partial charge >= 0.3 is 0 Å². The Morgan fingerprint density at radius 3 is 2.63 bits per heavy atom. The Labute approximate surface area is 114 Å². The van der Waals surface area contributed by atoms with E-state index in [1.165, 1.54) is 27.4 Å². The van der Waals surface area contributed by atoms with Crippen LogP contribution in [0.3, 0.4) is 0 Å². The summed E-state index contributed by atoms with van der Waals surface area (Å²) in [6, 6.07) is 15.3. The lowest BCUT2D eigenvalue weighted by Crippen LogP contribution is -1.88. The SMILES string of the molecule is C/C=C\CCc1cccc2c1c1ccccc1n2C. The van der Waals surface area contributed by atoms with Crippen LogP contribution in [-0.4, -0.2) is 4.57 Å². The average Bonchev–Trinajstić information content (AvgIpc) is 2.74. The molecule has 0 aliphatic heterocycles. The van der Waals surface area contributed by atoms with Crippen LogP contribution in [0.5, 0.6) is 0 Å². The molecule has 0 N–H and O–H groups in total. The molecule has 1 nitrogen and oxygen atoms in total. The van der Waals surface area contributed by atoms with E-state index < -0.39 is 0 Å². The van der Waals surface area contributed by atoms with E-state index in [4.69, 9.17) is 0 Å². The number of aryl methyl sites for hydroxylation is 2. The Hall–Kier alpha value is -2.02. The van der Waals surface area contributed by atoms with Crippen LogP contribution in [0.4, 0.5) is 0 Å². The summed E-state index contributed by atoms with van der Waals surface area (Å²) in [5, 5.41) is 2.79. The summed E-state index contributed by atoms with van der Waals surface area (Å²) < 4.78 is 2.30. The first-order valence-corrected chi connectivity index (χ1v) is 6.89. The minimum absolute atomic E-state index is 1.11. The molecule has 1 heteroatoms. The van der Waals surface area contributed by atoms with Crippen molar-refractivity contribution < 1.29 is 0 Å². The van der Waals surface area contributed by atoms with Gasteiger partial charge in [-0.1, -0.05) is 42.5 Å². The largest absolute Gasteiger partial charge is 0.344 e. The molecule has 0 fully saturated rings. The second-order valence-electron chi connectivity index (χ2n) is 5.00. The van der Waals surface area contributed by atoms with Crippen LogP contribution in [0.25, 0.3) is 21.8 Å². The number of para-hydroxylation sites is 1. The molecule has 1 aromatic heterocycles. The van der Waals surface area contributed by atoms with Crippen molar-refractivity contribution in [2.24, 2.45) is 7.05 Å². The van der Waals surface area contributed by atoms with E-state index in [1.807, 2.05) is 0 Å². The van der Waals surface area contributed by atoms with Crippen LogP contribution in [0.1, 0.15) is 18.9 Å². The predicted molar refractivity (Wildman–Crippen MR) is 83.6 cm³/mol. The lowest BCUT2D eigenvalue weighted by Gasteiger charge is -2.03. The fourth-order valence-corrected chi connectivity index (χ4v) is 2.90. The highest BCUT2D eigenvalue weighted by atomic mass is 14.9. The quantitative estimate of drug-likeness (QED) is 0.585. The molecule has 0 saturated heterocycles. The summed E-state index contributed by atoms with van der Waals surface area (Å²) in [6.45, 7) is 2.08. The molecule has 96 valence electrons. The summed E-state index contributed by atoms with van der Waals surface area (Å²) in [4.78, 5) is 0. The number of fused-ring (bicyclic) bond motifs is 3. The summed E-state index contributed by atoms with van der Waals surface area (Å²) in [5.74, 6) is 0. The lowest BCUT2D eigenvalue weighted by atomic mass is 10.0. The number of aromatic nitrogens is 1. The number of hydrogen-bond donors (Lipinski definition) is 0. The minimum Gasteiger partial charge on any atom is -0.344 e. The van der Waals surface area contributed by atoms with Gasteiger partial charge in [0.15, 0.2) is 0 Å². The molecule has 19 heavy (non-hydrogen) atoms. The van der Waals surface area contributed by atoms with E-state index in [0.717, 1.165) is 12.8 Å². The van der Waals surface area contributed by atoms with Crippen molar-refractivity contribution >= 4 is 21.8 Å². The van der Waals surface area contributed by atoms with Gasteiger partial charge in [-0.15, -0.1) is 0 Å². The van der Waals surface area contributed by atoms with E-state index in [-0.39, 0.29) is 0 Å². The highest BCUT2D eigenvalue weighted by Crippen LogP contribution is 2.31. The molecule has 0 aliphatic rings. The number of nitrogens with zero attached hydrogens (tertiary/aromatic N) is 1. The van der Waals surface area contributed by atoms with Gasteiger partial charge in [-0.3, -0.25) is 0 Å². The highest BCUT2D eigenvalue weighted by Gasteiger charge is 2.10. The van der Waals surface area contributed by atoms with Crippen LogP contribution in [0.15, 0.2) is 54.6 Å². The summed E-state index contributed by atoms with van der Waals surface area (Å²) in [7, 11) is 2.15. The van der Waals surface area contributed by atoms with Crippen molar-refractivity contribution in [2.75, 3.05) is 0 Å². The van der Waals surface area contributed by atoms with Gasteiger partial charge in [-0.2, -0.15) is 0 Å². The fraction of sp³-hybridized carbons (Fsp3) is 0.222. The fourth-order valence-electron chi connectivity index (χ4n) is 2.90. The first-order chi connectivity index (χ1) is 9.33. The number of hydrogen-bond acceptors (Lipinski definition) is 0. The molecule has 0 aliphatic carbocycles. The molecule has 0 spiro atoms. The Morgan fingerprint density at radius 1 is 1.00 bits per heavy atom. The van der Waals surface area contributed by atoms with E-state index in [9.17, 15) is 0 Å². The molecule has 0 radical (unpaired) electrons. The monoisotopic (exact) mass is 249 g/mol. The minimum atomic E-state index is 1.11. The maximum absolute atomic E-state index is 2.30. The zero-order valence-corrected chi connectivity index (χ0v) is 11.6. The van der Waals surface area contributed by atoms with Crippen molar-refractivity contribution in [3.63, 3.8) is 0 Å². The third-order valence-corrected chi connectivity index (χ3v) is 3.84. The summed E-state index contributed by atoms with van der Waals surface area (Å²) >= 11 is 0. The van der Waals surface area contributed by atoms with Crippen molar-refractivity contribution in [1.29, 1.82) is 0 Å². The van der Waals surface area contributed by atoms with Crippen LogP contribution >= 0.6 is 0 Å². The second-order valence-corrected chi connectivity index (χ2v) is 5.00. The van der Waals surface area contributed by atoms with Gasteiger partial charge in [0.25, 0.3) is 0 Å². The molecule has 0 amide bonds. The number of benzene rings is 2. The first-order valence-electron chi connectivity index (χ1n) is 6.89. The van der Waals surface area contributed by atoms with Gasteiger partial charge in [-0.25, -0.2) is 0 Å². The maximum Gasteiger partial charge on any atom is 0.0491 e. The zero-order valence-electron chi connectivity index (χ0n) is 11.6. The molecule has 0 saturated carbocycles. The standard InChI is InChI=1S/C18H19N/c1-3-4-5-9-14-10-8-13-17-18(14)15-11-6-7-12-16(15)19(17)2/h3-4,6-8,10-13H,5,9H2,1-2H3/b4-3-. The van der Waals surface area contributed by atoms with Crippen molar-refractivity contribution in [3.8, 4) is 0 Å². The molecule has 0 unspecified atom stereocenters. The Balaban J connectivity index is 2.25. The van der Waals surface area contributed by atoms with Gasteiger partial charge in [0, 0.05) is 28.9 Å². The maximum atomic E-state index is 2.30. The molecular weight excluding hydrogens is 230 g/mol. The van der Waals surface area contributed by atoms with Gasteiger partial charge in [0.1, 0.15) is 0 Å². The molecule has 1 heterocycles. The van der Waals surface area contributed by atoms with Gasteiger partial charge < -0.3 is 4.57 Å². The van der Waals surface area contributed by atoms with E-state index >= 15 is 0 Å². The van der Waals surface area contributed by atoms with Crippen LogP contribution < -0.4 is 0 Å². The molecule has 0 bridgehead atoms. The van der Waals surface area contributed by atoms with Gasteiger partial charge in [0.05, 0.1) is 0 Å². The van der Waals surface area contributed by atoms with Crippen molar-refractivity contribution in [1.82, 2.24) is 4.57 Å². The Kier molecular flexibility index (Phi) is 3.12. The molecule has 0 atom stereocenters. The van der Waals surface area contributed by atoms with E-state index in [0.29, 0.717) is 0 Å². The van der Waals surface area contributed by atoms with Crippen molar-refractivity contribution in [2.45, 2.75) is 19.8 Å². The van der Waals surface area contributed by atoms with Crippen LogP contribution in [-0.2, 0) is 13.5 Å². The highest BCUT2D eigenvalue weighted by molar-refractivity contribution is 6.09. The van der Waals surface area contributed by atoms with E-state index in [1.54, 1.807) is 0 Å². The molecular formula is C18H19N. The summed E-state index contributed by atoms with van der Waals surface area (Å²) in [6.07, 6.45) is 6.59. The number of rotatable bonds is 3. The van der Waals surface area contributed by atoms with Gasteiger partial charge in [0.2, 0.25) is 0 Å².